The zero-order valence-corrected chi connectivity index (χ0v) is 12.0. The maximum atomic E-state index is 12.7. The molecular weight excluding hydrogens is 379 g/mol. The predicted octanol–water partition coefficient (Wildman–Crippen LogP) is 4.46. The summed E-state index contributed by atoms with van der Waals surface area (Å²) in [5.74, 6) is 0. The van der Waals surface area contributed by atoms with Gasteiger partial charge in [0.05, 0.1) is 15.0 Å². The van der Waals surface area contributed by atoms with Gasteiger partial charge in [-0.25, -0.2) is 4.68 Å². The molecule has 0 fully saturated rings. The fraction of sp³-hybridized carbons (Fsp3) is 0.182. The quantitative estimate of drug-likeness (QED) is 0.662. The predicted molar refractivity (Wildman–Crippen MR) is 71.0 cm³/mol. The van der Waals surface area contributed by atoms with Crippen LogP contribution in [0, 0.1) is 10.5 Å². The number of aromatic nitrogens is 2. The van der Waals surface area contributed by atoms with E-state index in [4.69, 9.17) is 11.6 Å². The Balaban J connectivity index is 2.56. The third-order valence-corrected chi connectivity index (χ3v) is 3.93. The van der Waals surface area contributed by atoms with Crippen molar-refractivity contribution in [3.05, 3.63) is 44.2 Å². The molecule has 0 spiro atoms. The molecule has 0 N–H and O–H groups in total. The SMILES string of the molecule is Cc1c(I)c(C(F)(F)F)nn1-c1ccc(Cl)cc1. The van der Waals surface area contributed by atoms with Gasteiger partial charge in [-0.15, -0.1) is 0 Å². The van der Waals surface area contributed by atoms with Crippen molar-refractivity contribution in [3.63, 3.8) is 0 Å². The van der Waals surface area contributed by atoms with Crippen LogP contribution in [0.25, 0.3) is 5.69 Å². The maximum absolute atomic E-state index is 12.7. The number of hydrogen-bond donors (Lipinski definition) is 0. The minimum atomic E-state index is -4.45. The summed E-state index contributed by atoms with van der Waals surface area (Å²) in [5, 5.41) is 4.14. The summed E-state index contributed by atoms with van der Waals surface area (Å²) in [7, 11) is 0. The molecule has 0 saturated carbocycles. The molecule has 0 radical (unpaired) electrons. The van der Waals surface area contributed by atoms with E-state index in [9.17, 15) is 13.2 Å². The van der Waals surface area contributed by atoms with E-state index in [1.807, 2.05) is 0 Å². The van der Waals surface area contributed by atoms with Gasteiger partial charge in [-0.3, -0.25) is 0 Å². The molecule has 1 aromatic carbocycles. The second-order valence-electron chi connectivity index (χ2n) is 3.63. The molecule has 0 aliphatic rings. The van der Waals surface area contributed by atoms with Crippen LogP contribution in [0.2, 0.25) is 5.02 Å². The average Bonchev–Trinajstić information content (AvgIpc) is 2.57. The molecule has 0 unspecified atom stereocenters. The molecule has 2 aromatic rings. The molecular formula is C11H7ClF3IN2. The Morgan fingerprint density at radius 2 is 1.78 bits per heavy atom. The zero-order valence-electron chi connectivity index (χ0n) is 9.09. The minimum Gasteiger partial charge on any atom is -0.236 e. The monoisotopic (exact) mass is 386 g/mol. The number of rotatable bonds is 1. The number of halogens is 5. The second-order valence-corrected chi connectivity index (χ2v) is 5.15. The van der Waals surface area contributed by atoms with Gasteiger partial charge in [0.2, 0.25) is 0 Å². The minimum absolute atomic E-state index is 0.107. The standard InChI is InChI=1S/C11H7ClF3IN2/c1-6-9(16)10(11(13,14)15)17-18(6)8-4-2-7(12)3-5-8/h2-5H,1H3. The Labute approximate surface area is 120 Å². The van der Waals surface area contributed by atoms with Gasteiger partial charge in [0.25, 0.3) is 0 Å². The Morgan fingerprint density at radius 3 is 2.22 bits per heavy atom. The van der Waals surface area contributed by atoms with Crippen LogP contribution in [0.4, 0.5) is 13.2 Å². The van der Waals surface area contributed by atoms with Gasteiger partial charge in [-0.05, 0) is 53.8 Å². The number of hydrogen-bond acceptors (Lipinski definition) is 1. The number of benzene rings is 1. The van der Waals surface area contributed by atoms with Crippen LogP contribution in [0.3, 0.4) is 0 Å². The Morgan fingerprint density at radius 1 is 1.22 bits per heavy atom. The van der Waals surface area contributed by atoms with E-state index in [2.05, 4.69) is 5.10 Å². The van der Waals surface area contributed by atoms with Gasteiger partial charge in [0, 0.05) is 5.02 Å². The van der Waals surface area contributed by atoms with Crippen molar-refractivity contribution in [2.45, 2.75) is 13.1 Å². The first-order valence-electron chi connectivity index (χ1n) is 4.89. The van der Waals surface area contributed by atoms with E-state index >= 15 is 0 Å². The number of alkyl halides is 3. The molecule has 18 heavy (non-hydrogen) atoms. The van der Waals surface area contributed by atoms with Crippen molar-refractivity contribution in [1.29, 1.82) is 0 Å². The van der Waals surface area contributed by atoms with Gasteiger partial charge in [0.1, 0.15) is 0 Å². The molecule has 0 bridgehead atoms. The van der Waals surface area contributed by atoms with Crippen molar-refractivity contribution in [3.8, 4) is 5.69 Å². The van der Waals surface area contributed by atoms with Gasteiger partial charge in [-0.1, -0.05) is 11.6 Å². The molecule has 2 nitrogen and oxygen atoms in total. The highest BCUT2D eigenvalue weighted by atomic mass is 127. The van der Waals surface area contributed by atoms with Crippen molar-refractivity contribution in [2.24, 2.45) is 0 Å². The first-order valence-corrected chi connectivity index (χ1v) is 6.34. The average molecular weight is 387 g/mol. The lowest BCUT2D eigenvalue weighted by Gasteiger charge is -2.04. The molecule has 96 valence electrons. The topological polar surface area (TPSA) is 17.8 Å². The van der Waals surface area contributed by atoms with E-state index in [0.29, 0.717) is 16.4 Å². The van der Waals surface area contributed by atoms with Crippen LogP contribution in [-0.4, -0.2) is 9.78 Å². The smallest absolute Gasteiger partial charge is 0.236 e. The molecule has 0 aliphatic carbocycles. The molecule has 0 saturated heterocycles. The van der Waals surface area contributed by atoms with E-state index < -0.39 is 11.9 Å². The summed E-state index contributed by atoms with van der Waals surface area (Å²) in [4.78, 5) is 0. The third-order valence-electron chi connectivity index (χ3n) is 2.38. The maximum Gasteiger partial charge on any atom is 0.436 e. The van der Waals surface area contributed by atoms with E-state index in [1.165, 1.54) is 4.68 Å². The van der Waals surface area contributed by atoms with Gasteiger partial charge in [0.15, 0.2) is 5.69 Å². The van der Waals surface area contributed by atoms with Crippen LogP contribution >= 0.6 is 34.2 Å². The van der Waals surface area contributed by atoms with Gasteiger partial charge < -0.3 is 0 Å². The Hall–Kier alpha value is -0.760. The molecule has 1 aromatic heterocycles. The Bertz CT molecular complexity index is 575. The summed E-state index contributed by atoms with van der Waals surface area (Å²) in [6, 6.07) is 6.47. The van der Waals surface area contributed by atoms with Crippen LogP contribution < -0.4 is 0 Å². The van der Waals surface area contributed by atoms with Crippen LogP contribution in [0.1, 0.15) is 11.4 Å². The lowest BCUT2D eigenvalue weighted by Crippen LogP contribution is -2.08. The highest BCUT2D eigenvalue weighted by Gasteiger charge is 2.38. The van der Waals surface area contributed by atoms with Gasteiger partial charge >= 0.3 is 6.18 Å². The largest absolute Gasteiger partial charge is 0.436 e. The van der Waals surface area contributed by atoms with Crippen LogP contribution in [-0.2, 0) is 6.18 Å². The fourth-order valence-corrected chi connectivity index (χ4v) is 2.27. The van der Waals surface area contributed by atoms with Crippen molar-refractivity contribution < 1.29 is 13.2 Å². The fourth-order valence-electron chi connectivity index (χ4n) is 1.50. The lowest BCUT2D eigenvalue weighted by molar-refractivity contribution is -0.142. The summed E-state index contributed by atoms with van der Waals surface area (Å²) in [6.07, 6.45) is -4.45. The van der Waals surface area contributed by atoms with E-state index in [0.717, 1.165) is 0 Å². The summed E-state index contributed by atoms with van der Waals surface area (Å²) >= 11 is 7.39. The lowest BCUT2D eigenvalue weighted by atomic mass is 10.3. The van der Waals surface area contributed by atoms with Gasteiger partial charge in [-0.2, -0.15) is 18.3 Å². The van der Waals surface area contributed by atoms with Crippen molar-refractivity contribution >= 4 is 34.2 Å². The van der Waals surface area contributed by atoms with E-state index in [-0.39, 0.29) is 3.57 Å². The molecule has 1 heterocycles. The highest BCUT2D eigenvalue weighted by Crippen LogP contribution is 2.34. The Kier molecular flexibility index (Phi) is 3.59. The molecule has 2 rings (SSSR count). The first-order chi connectivity index (χ1) is 8.30. The highest BCUT2D eigenvalue weighted by molar-refractivity contribution is 14.1. The molecule has 7 heteroatoms. The zero-order chi connectivity index (χ0) is 13.5. The van der Waals surface area contributed by atoms with Crippen LogP contribution in [0.15, 0.2) is 24.3 Å². The molecule has 0 aliphatic heterocycles. The second kappa shape index (κ2) is 4.73. The number of nitrogens with zero attached hydrogens (tertiary/aromatic N) is 2. The first kappa shape index (κ1) is 13.7. The third kappa shape index (κ3) is 2.49. The molecule has 0 atom stereocenters. The molecule has 0 amide bonds. The normalized spacial score (nSPS) is 11.9. The summed E-state index contributed by atoms with van der Waals surface area (Å²) in [5.41, 5.74) is 0.131. The van der Waals surface area contributed by atoms with Crippen molar-refractivity contribution in [2.75, 3.05) is 0 Å². The van der Waals surface area contributed by atoms with Crippen molar-refractivity contribution in [1.82, 2.24) is 9.78 Å². The van der Waals surface area contributed by atoms with E-state index in [1.54, 1.807) is 53.8 Å². The summed E-state index contributed by atoms with van der Waals surface area (Å²) in [6.45, 7) is 1.60. The van der Waals surface area contributed by atoms with Crippen LogP contribution in [0.5, 0.6) is 0 Å². The summed E-state index contributed by atoms with van der Waals surface area (Å²) < 4.78 is 39.5.